The Morgan fingerprint density at radius 2 is 1.43 bits per heavy atom. The first kappa shape index (κ1) is 13.2. The van der Waals surface area contributed by atoms with E-state index in [0.717, 1.165) is 44.3 Å². The van der Waals surface area contributed by atoms with E-state index in [2.05, 4.69) is 21.9 Å². The quantitative estimate of drug-likeness (QED) is 0.791. The molecule has 0 saturated carbocycles. The van der Waals surface area contributed by atoms with Crippen molar-refractivity contribution in [2.45, 2.75) is 44.9 Å². The molecular weight excluding hydrogens is 260 g/mol. The second kappa shape index (κ2) is 5.36. The van der Waals surface area contributed by atoms with Gasteiger partial charge < -0.3 is 9.80 Å². The molecule has 3 heterocycles. The molecular formula is C18H24N2O. The summed E-state index contributed by atoms with van der Waals surface area (Å²) >= 11 is 0. The molecule has 1 fully saturated rings. The summed E-state index contributed by atoms with van der Waals surface area (Å²) in [6, 6.07) is 4.38. The summed E-state index contributed by atoms with van der Waals surface area (Å²) in [5, 5.41) is 0. The molecule has 3 heteroatoms. The van der Waals surface area contributed by atoms with Gasteiger partial charge in [0.05, 0.1) is 0 Å². The van der Waals surface area contributed by atoms with Gasteiger partial charge in [0.15, 0.2) is 0 Å². The molecule has 1 aromatic rings. The van der Waals surface area contributed by atoms with Crippen LogP contribution in [0.15, 0.2) is 12.1 Å². The Labute approximate surface area is 126 Å². The van der Waals surface area contributed by atoms with E-state index in [1.165, 1.54) is 49.2 Å². The van der Waals surface area contributed by atoms with Crippen LogP contribution in [0.25, 0.3) is 0 Å². The Hall–Kier alpha value is -1.51. The van der Waals surface area contributed by atoms with Gasteiger partial charge in [0.1, 0.15) is 0 Å². The topological polar surface area (TPSA) is 23.6 Å². The van der Waals surface area contributed by atoms with E-state index in [-0.39, 0.29) is 5.91 Å². The first-order chi connectivity index (χ1) is 10.3. The molecule has 0 bridgehead atoms. The third-order valence-corrected chi connectivity index (χ3v) is 5.22. The third-order valence-electron chi connectivity index (χ3n) is 5.22. The van der Waals surface area contributed by atoms with Crippen LogP contribution in [0, 0.1) is 0 Å². The molecule has 0 radical (unpaired) electrons. The van der Waals surface area contributed by atoms with Gasteiger partial charge in [0.2, 0.25) is 0 Å². The number of piperidine rings is 1. The predicted molar refractivity (Wildman–Crippen MR) is 85.1 cm³/mol. The summed E-state index contributed by atoms with van der Waals surface area (Å²) in [6.07, 6.45) is 8.34. The second-order valence-electron chi connectivity index (χ2n) is 6.69. The average molecular weight is 284 g/mol. The number of amides is 1. The lowest BCUT2D eigenvalue weighted by Gasteiger charge is -2.37. The zero-order valence-corrected chi connectivity index (χ0v) is 12.7. The molecule has 112 valence electrons. The number of carbonyl (C=O) groups is 1. The highest BCUT2D eigenvalue weighted by Gasteiger charge is 2.26. The Morgan fingerprint density at radius 1 is 0.810 bits per heavy atom. The summed E-state index contributed by atoms with van der Waals surface area (Å²) < 4.78 is 0. The van der Waals surface area contributed by atoms with Crippen molar-refractivity contribution in [3.63, 3.8) is 0 Å². The molecule has 0 aromatic heterocycles. The molecule has 1 saturated heterocycles. The molecule has 3 nitrogen and oxygen atoms in total. The van der Waals surface area contributed by atoms with Crippen LogP contribution in [0.1, 0.15) is 53.6 Å². The number of aryl methyl sites for hydroxylation is 2. The Balaban J connectivity index is 1.69. The van der Waals surface area contributed by atoms with E-state index in [1.807, 2.05) is 0 Å². The number of hydrogen-bond acceptors (Lipinski definition) is 2. The molecule has 0 aliphatic carbocycles. The van der Waals surface area contributed by atoms with Crippen molar-refractivity contribution in [1.82, 2.24) is 4.90 Å². The van der Waals surface area contributed by atoms with Crippen molar-refractivity contribution in [2.24, 2.45) is 0 Å². The highest BCUT2D eigenvalue weighted by molar-refractivity contribution is 5.95. The normalized spacial score (nSPS) is 21.1. The smallest absolute Gasteiger partial charge is 0.253 e. The standard InChI is InChI=1S/C18H24N2O/c21-18(20-8-2-1-3-9-20)16-12-14-6-4-10-19-11-5-7-15(13-16)17(14)19/h12-13H,1-11H2. The number of rotatable bonds is 1. The lowest BCUT2D eigenvalue weighted by Crippen LogP contribution is -2.37. The van der Waals surface area contributed by atoms with Gasteiger partial charge in [-0.25, -0.2) is 0 Å². The molecule has 0 unspecified atom stereocenters. The van der Waals surface area contributed by atoms with E-state index < -0.39 is 0 Å². The minimum atomic E-state index is 0.261. The molecule has 21 heavy (non-hydrogen) atoms. The summed E-state index contributed by atoms with van der Waals surface area (Å²) in [6.45, 7) is 4.27. The highest BCUT2D eigenvalue weighted by Crippen LogP contribution is 2.36. The SMILES string of the molecule is O=C(c1cc2c3c(c1)CCCN3CCC2)N1CCCCC1. The van der Waals surface area contributed by atoms with Gasteiger partial charge >= 0.3 is 0 Å². The molecule has 1 amide bonds. The molecule has 0 spiro atoms. The first-order valence-corrected chi connectivity index (χ1v) is 8.53. The Kier molecular flexibility index (Phi) is 3.36. The molecule has 1 aromatic carbocycles. The fraction of sp³-hybridized carbons (Fsp3) is 0.611. The number of nitrogens with zero attached hydrogens (tertiary/aromatic N) is 2. The van der Waals surface area contributed by atoms with Crippen molar-refractivity contribution in [3.8, 4) is 0 Å². The van der Waals surface area contributed by atoms with E-state index in [9.17, 15) is 4.79 Å². The van der Waals surface area contributed by atoms with Crippen molar-refractivity contribution < 1.29 is 4.79 Å². The lowest BCUT2D eigenvalue weighted by molar-refractivity contribution is 0.0724. The van der Waals surface area contributed by atoms with E-state index >= 15 is 0 Å². The zero-order valence-electron chi connectivity index (χ0n) is 12.7. The van der Waals surface area contributed by atoms with Gasteiger partial charge in [-0.3, -0.25) is 4.79 Å². The summed E-state index contributed by atoms with van der Waals surface area (Å²) in [5.41, 5.74) is 5.23. The van der Waals surface area contributed by atoms with Crippen LogP contribution in [0.3, 0.4) is 0 Å². The Morgan fingerprint density at radius 3 is 2.05 bits per heavy atom. The molecule has 4 rings (SSSR count). The van der Waals surface area contributed by atoms with Gasteiger partial charge in [-0.05, 0) is 68.2 Å². The fourth-order valence-electron chi connectivity index (χ4n) is 4.21. The minimum absolute atomic E-state index is 0.261. The number of anilines is 1. The minimum Gasteiger partial charge on any atom is -0.371 e. The van der Waals surface area contributed by atoms with Crippen LogP contribution in [0.2, 0.25) is 0 Å². The van der Waals surface area contributed by atoms with Crippen LogP contribution < -0.4 is 4.90 Å². The van der Waals surface area contributed by atoms with Crippen molar-refractivity contribution in [1.29, 1.82) is 0 Å². The van der Waals surface area contributed by atoms with Crippen LogP contribution in [0.4, 0.5) is 5.69 Å². The lowest BCUT2D eigenvalue weighted by atomic mass is 9.89. The number of benzene rings is 1. The van der Waals surface area contributed by atoms with Crippen LogP contribution in [-0.2, 0) is 12.8 Å². The van der Waals surface area contributed by atoms with Crippen molar-refractivity contribution in [3.05, 3.63) is 28.8 Å². The van der Waals surface area contributed by atoms with E-state index in [0.29, 0.717) is 0 Å². The third kappa shape index (κ3) is 2.33. The predicted octanol–water partition coefficient (Wildman–Crippen LogP) is 3.01. The molecule has 0 atom stereocenters. The van der Waals surface area contributed by atoms with E-state index in [1.54, 1.807) is 0 Å². The van der Waals surface area contributed by atoms with Crippen LogP contribution >= 0.6 is 0 Å². The Bertz CT molecular complexity index is 529. The van der Waals surface area contributed by atoms with Gasteiger partial charge in [-0.1, -0.05) is 0 Å². The van der Waals surface area contributed by atoms with Gasteiger partial charge in [-0.2, -0.15) is 0 Å². The van der Waals surface area contributed by atoms with Gasteiger partial charge in [0.25, 0.3) is 5.91 Å². The fourth-order valence-corrected chi connectivity index (χ4v) is 4.21. The maximum absolute atomic E-state index is 12.8. The van der Waals surface area contributed by atoms with Gasteiger partial charge in [-0.15, -0.1) is 0 Å². The van der Waals surface area contributed by atoms with Crippen LogP contribution in [0.5, 0.6) is 0 Å². The summed E-state index contributed by atoms with van der Waals surface area (Å²) in [5.74, 6) is 0.261. The molecule has 0 N–H and O–H groups in total. The maximum Gasteiger partial charge on any atom is 0.253 e. The van der Waals surface area contributed by atoms with Crippen molar-refractivity contribution in [2.75, 3.05) is 31.1 Å². The molecule has 3 aliphatic heterocycles. The maximum atomic E-state index is 12.8. The van der Waals surface area contributed by atoms with Gasteiger partial charge in [0, 0.05) is 37.4 Å². The number of carbonyl (C=O) groups excluding carboxylic acids is 1. The highest BCUT2D eigenvalue weighted by atomic mass is 16.2. The molecule has 3 aliphatic rings. The summed E-state index contributed by atoms with van der Waals surface area (Å²) in [4.78, 5) is 17.4. The largest absolute Gasteiger partial charge is 0.371 e. The monoisotopic (exact) mass is 284 g/mol. The number of hydrogen-bond donors (Lipinski definition) is 0. The average Bonchev–Trinajstić information content (AvgIpc) is 2.55. The van der Waals surface area contributed by atoms with E-state index in [4.69, 9.17) is 0 Å². The second-order valence-corrected chi connectivity index (χ2v) is 6.69. The zero-order chi connectivity index (χ0) is 14.2. The van der Waals surface area contributed by atoms with Crippen molar-refractivity contribution >= 4 is 11.6 Å². The van der Waals surface area contributed by atoms with Crippen LogP contribution in [-0.4, -0.2) is 37.0 Å². The summed E-state index contributed by atoms with van der Waals surface area (Å²) in [7, 11) is 0. The first-order valence-electron chi connectivity index (χ1n) is 8.53. The number of likely N-dealkylation sites (tertiary alicyclic amines) is 1.